The van der Waals surface area contributed by atoms with E-state index in [0.29, 0.717) is 17.5 Å². The summed E-state index contributed by atoms with van der Waals surface area (Å²) < 4.78 is 6.79. The predicted molar refractivity (Wildman–Crippen MR) is 254 cm³/mol. The number of fused-ring (bicyclic) bond motifs is 3. The van der Waals surface area contributed by atoms with Gasteiger partial charge in [0.1, 0.15) is 11.2 Å². The van der Waals surface area contributed by atoms with Crippen LogP contribution >= 0.6 is 0 Å². The molecule has 2 heterocycles. The lowest BCUT2D eigenvalue weighted by Crippen LogP contribution is -2.11. The van der Waals surface area contributed by atoms with Gasteiger partial charge >= 0.3 is 0 Å². The lowest BCUT2D eigenvalue weighted by molar-refractivity contribution is 0.669. The summed E-state index contributed by atoms with van der Waals surface area (Å²) in [4.78, 5) is 17.8. The number of nitrogens with zero attached hydrogens (tertiary/aromatic N) is 4. The SMILES string of the molecule is c1ccc(-c2cccc(N(c3cc(-c4ccccc4)cc(-c4ccccc4)c3)c3cc(-c4nc(-c5ccccc5)nc(-c5ccccc5)n4)cc4oc5ccccc5c34)c2)cc1. The lowest BCUT2D eigenvalue weighted by Gasteiger charge is -2.28. The maximum absolute atomic E-state index is 6.79. The molecule has 0 fully saturated rings. The van der Waals surface area contributed by atoms with Gasteiger partial charge in [0.05, 0.1) is 11.1 Å². The average molecular weight is 795 g/mol. The van der Waals surface area contributed by atoms with Crippen molar-refractivity contribution in [1.82, 2.24) is 15.0 Å². The highest BCUT2D eigenvalue weighted by molar-refractivity contribution is 6.14. The highest BCUT2D eigenvalue weighted by Gasteiger charge is 2.24. The second-order valence-corrected chi connectivity index (χ2v) is 15.3. The summed E-state index contributed by atoms with van der Waals surface area (Å²) in [5.41, 5.74) is 13.8. The van der Waals surface area contributed by atoms with Crippen molar-refractivity contribution in [1.29, 1.82) is 0 Å². The summed E-state index contributed by atoms with van der Waals surface area (Å²) in [6.45, 7) is 0. The van der Waals surface area contributed by atoms with Crippen molar-refractivity contribution in [3.05, 3.63) is 231 Å². The van der Waals surface area contributed by atoms with E-state index in [1.165, 1.54) is 0 Å². The van der Waals surface area contributed by atoms with Gasteiger partial charge in [0, 0.05) is 33.5 Å². The predicted octanol–water partition coefficient (Wildman–Crippen LogP) is 15.2. The van der Waals surface area contributed by atoms with Crippen LogP contribution in [-0.2, 0) is 0 Å². The van der Waals surface area contributed by atoms with Crippen molar-refractivity contribution < 1.29 is 4.42 Å². The van der Waals surface area contributed by atoms with Gasteiger partial charge in [-0.2, -0.15) is 0 Å². The van der Waals surface area contributed by atoms with Crippen LogP contribution in [0.4, 0.5) is 17.1 Å². The minimum Gasteiger partial charge on any atom is -0.456 e. The molecule has 5 nitrogen and oxygen atoms in total. The third-order valence-electron chi connectivity index (χ3n) is 11.3. The zero-order valence-electron chi connectivity index (χ0n) is 33.6. The van der Waals surface area contributed by atoms with Gasteiger partial charge in [-0.3, -0.25) is 0 Å². The smallest absolute Gasteiger partial charge is 0.164 e. The van der Waals surface area contributed by atoms with E-state index in [0.717, 1.165) is 89.1 Å². The molecule has 0 bridgehead atoms. The Hall–Kier alpha value is -8.41. The van der Waals surface area contributed by atoms with E-state index in [1.807, 2.05) is 72.8 Å². The summed E-state index contributed by atoms with van der Waals surface area (Å²) in [6.07, 6.45) is 0. The minimum absolute atomic E-state index is 0.544. The highest BCUT2D eigenvalue weighted by Crippen LogP contribution is 2.47. The number of furan rings is 1. The quantitative estimate of drug-likeness (QED) is 0.146. The Kier molecular flexibility index (Phi) is 9.45. The first-order valence-corrected chi connectivity index (χ1v) is 20.8. The summed E-state index contributed by atoms with van der Waals surface area (Å²) in [6, 6.07) is 80.1. The fourth-order valence-corrected chi connectivity index (χ4v) is 8.29. The summed E-state index contributed by atoms with van der Waals surface area (Å²) in [7, 11) is 0. The van der Waals surface area contributed by atoms with E-state index >= 15 is 0 Å². The Labute approximate surface area is 359 Å². The molecule has 0 aliphatic carbocycles. The first kappa shape index (κ1) is 36.7. The zero-order chi connectivity index (χ0) is 41.2. The van der Waals surface area contributed by atoms with E-state index < -0.39 is 0 Å². The van der Waals surface area contributed by atoms with Gasteiger partial charge in [0.25, 0.3) is 0 Å². The number of hydrogen-bond donors (Lipinski definition) is 0. The third-order valence-corrected chi connectivity index (χ3v) is 11.3. The number of para-hydroxylation sites is 1. The van der Waals surface area contributed by atoms with Crippen LogP contribution in [0.5, 0.6) is 0 Å². The third kappa shape index (κ3) is 7.08. The number of benzene rings is 9. The molecule has 292 valence electrons. The van der Waals surface area contributed by atoms with Gasteiger partial charge in [-0.1, -0.05) is 182 Å². The summed E-state index contributed by atoms with van der Waals surface area (Å²) in [5.74, 6) is 1.73. The molecule has 0 radical (unpaired) electrons. The zero-order valence-corrected chi connectivity index (χ0v) is 33.6. The average Bonchev–Trinajstić information content (AvgIpc) is 3.74. The van der Waals surface area contributed by atoms with Crippen LogP contribution in [0.2, 0.25) is 0 Å². The van der Waals surface area contributed by atoms with Crippen molar-refractivity contribution in [3.63, 3.8) is 0 Å². The van der Waals surface area contributed by atoms with E-state index in [1.54, 1.807) is 0 Å². The first-order chi connectivity index (χ1) is 30.7. The molecule has 62 heavy (non-hydrogen) atoms. The molecular weight excluding hydrogens is 757 g/mol. The van der Waals surface area contributed by atoms with Crippen molar-refractivity contribution in [2.45, 2.75) is 0 Å². The van der Waals surface area contributed by atoms with Crippen LogP contribution in [0.25, 0.3) is 89.5 Å². The standard InChI is InChI=1S/C57H38N4O/c1-6-19-39(20-7-1)44-29-18-30-48(34-44)61(49-35-45(40-21-8-2-9-22-40)33-46(36-49)41-23-10-3-11-24-41)51-37-47(38-53-54(51)50-31-16-17-32-52(50)62-53)57-59-55(42-25-12-4-13-26-42)58-56(60-57)43-27-14-5-15-28-43/h1-38H. The Morgan fingerprint density at radius 3 is 1.27 bits per heavy atom. The fraction of sp³-hybridized carbons (Fsp3) is 0. The number of aromatic nitrogens is 3. The van der Waals surface area contributed by atoms with Gasteiger partial charge in [0.2, 0.25) is 0 Å². The van der Waals surface area contributed by atoms with E-state index in [2.05, 4.69) is 163 Å². The molecule has 0 N–H and O–H groups in total. The molecule has 0 aliphatic rings. The molecule has 2 aromatic heterocycles. The highest BCUT2D eigenvalue weighted by atomic mass is 16.3. The molecule has 0 amide bonds. The van der Waals surface area contributed by atoms with E-state index in [9.17, 15) is 0 Å². The molecule has 9 aromatic carbocycles. The second-order valence-electron chi connectivity index (χ2n) is 15.3. The Balaban J connectivity index is 1.22. The Morgan fingerprint density at radius 2 is 0.726 bits per heavy atom. The molecular formula is C57H38N4O. The van der Waals surface area contributed by atoms with E-state index in [4.69, 9.17) is 19.4 Å². The Morgan fingerprint density at radius 1 is 0.290 bits per heavy atom. The molecule has 0 saturated carbocycles. The topological polar surface area (TPSA) is 55.1 Å². The number of rotatable bonds is 9. The largest absolute Gasteiger partial charge is 0.456 e. The van der Waals surface area contributed by atoms with Crippen LogP contribution in [0.1, 0.15) is 0 Å². The van der Waals surface area contributed by atoms with Crippen LogP contribution in [0.15, 0.2) is 235 Å². The molecule has 0 unspecified atom stereocenters. The van der Waals surface area contributed by atoms with Crippen LogP contribution in [0.3, 0.4) is 0 Å². The van der Waals surface area contributed by atoms with Gasteiger partial charge in [-0.25, -0.2) is 15.0 Å². The van der Waals surface area contributed by atoms with Gasteiger partial charge in [-0.15, -0.1) is 0 Å². The first-order valence-electron chi connectivity index (χ1n) is 20.8. The van der Waals surface area contributed by atoms with Crippen molar-refractivity contribution >= 4 is 39.0 Å². The molecule has 11 rings (SSSR count). The van der Waals surface area contributed by atoms with Gasteiger partial charge in [-0.05, 0) is 81.9 Å². The molecule has 5 heteroatoms. The molecule has 0 spiro atoms. The maximum Gasteiger partial charge on any atom is 0.164 e. The van der Waals surface area contributed by atoms with Crippen molar-refractivity contribution in [2.24, 2.45) is 0 Å². The van der Waals surface area contributed by atoms with Gasteiger partial charge < -0.3 is 9.32 Å². The van der Waals surface area contributed by atoms with Crippen LogP contribution in [0, 0.1) is 0 Å². The number of anilines is 3. The summed E-state index contributed by atoms with van der Waals surface area (Å²) >= 11 is 0. The molecule has 0 atom stereocenters. The Bertz CT molecular complexity index is 3220. The summed E-state index contributed by atoms with van der Waals surface area (Å²) in [5, 5.41) is 2.00. The van der Waals surface area contributed by atoms with Gasteiger partial charge in [0.15, 0.2) is 17.5 Å². The van der Waals surface area contributed by atoms with Crippen molar-refractivity contribution in [2.75, 3.05) is 4.90 Å². The van der Waals surface area contributed by atoms with Crippen LogP contribution in [-0.4, -0.2) is 15.0 Å². The fourth-order valence-electron chi connectivity index (χ4n) is 8.29. The monoisotopic (exact) mass is 794 g/mol. The number of hydrogen-bond acceptors (Lipinski definition) is 5. The normalized spacial score (nSPS) is 11.2. The molecule has 11 aromatic rings. The minimum atomic E-state index is 0.544. The second kappa shape index (κ2) is 16.0. The van der Waals surface area contributed by atoms with Crippen LogP contribution < -0.4 is 4.90 Å². The lowest BCUT2D eigenvalue weighted by atomic mass is 9.96. The van der Waals surface area contributed by atoms with Crippen molar-refractivity contribution in [3.8, 4) is 67.5 Å². The molecule has 0 aliphatic heterocycles. The maximum atomic E-state index is 6.79. The molecule has 0 saturated heterocycles. The van der Waals surface area contributed by atoms with E-state index in [-0.39, 0.29) is 0 Å².